The molecule has 0 aromatic heterocycles. The highest BCUT2D eigenvalue weighted by Crippen LogP contribution is 2.46. The van der Waals surface area contributed by atoms with Crippen LogP contribution in [0, 0.1) is 13.8 Å². The Morgan fingerprint density at radius 1 is 1.14 bits per heavy atom. The number of allylic oxidation sites excluding steroid dienone is 1. The number of methoxy groups -OCH3 is 2. The summed E-state index contributed by atoms with van der Waals surface area (Å²) in [6.45, 7) is 10.8. The second-order valence-electron chi connectivity index (χ2n) is 9.35. The SMILES string of the molecule is CCC1=C(C(=O)OC)[C@H](c2ccc(C)cc2C)N2C(CC(=O)N3CCN(CCOC)CC3)=CSC2=N1. The molecule has 0 radical (unpaired) electrons. The Balaban J connectivity index is 1.61. The lowest BCUT2D eigenvalue weighted by Crippen LogP contribution is -2.49. The molecule has 9 heteroatoms. The maximum absolute atomic E-state index is 13.4. The number of aliphatic imine (C=N–C) groups is 1. The minimum Gasteiger partial charge on any atom is -0.466 e. The van der Waals surface area contributed by atoms with Crippen LogP contribution >= 0.6 is 11.8 Å². The number of aryl methyl sites for hydroxylation is 2. The molecule has 0 spiro atoms. The maximum atomic E-state index is 13.4. The first-order valence-corrected chi connectivity index (χ1v) is 13.4. The molecule has 3 aliphatic rings. The highest BCUT2D eigenvalue weighted by Gasteiger charge is 2.42. The highest BCUT2D eigenvalue weighted by atomic mass is 32.2. The number of esters is 1. The molecule has 1 amide bonds. The van der Waals surface area contributed by atoms with Gasteiger partial charge in [0.15, 0.2) is 5.17 Å². The number of carbonyl (C=O) groups is 2. The van der Waals surface area contributed by atoms with E-state index in [0.717, 1.165) is 52.9 Å². The van der Waals surface area contributed by atoms with Crippen LogP contribution in [0.3, 0.4) is 0 Å². The number of hydrogen-bond donors (Lipinski definition) is 0. The van der Waals surface area contributed by atoms with Gasteiger partial charge in [0.2, 0.25) is 5.91 Å². The third-order valence-corrected chi connectivity index (χ3v) is 7.91. The molecule has 3 heterocycles. The van der Waals surface area contributed by atoms with Crippen molar-refractivity contribution in [3.05, 3.63) is 57.3 Å². The Labute approximate surface area is 218 Å². The molecule has 0 unspecified atom stereocenters. The van der Waals surface area contributed by atoms with Crippen LogP contribution in [0.4, 0.5) is 0 Å². The summed E-state index contributed by atoms with van der Waals surface area (Å²) in [7, 11) is 3.12. The molecule has 0 aliphatic carbocycles. The lowest BCUT2D eigenvalue weighted by Gasteiger charge is -2.38. The van der Waals surface area contributed by atoms with Crippen molar-refractivity contribution in [3.63, 3.8) is 0 Å². The third-order valence-electron chi connectivity index (χ3n) is 7.02. The van der Waals surface area contributed by atoms with Gasteiger partial charge in [-0.05, 0) is 36.8 Å². The summed E-state index contributed by atoms with van der Waals surface area (Å²) in [4.78, 5) is 37.6. The zero-order valence-electron chi connectivity index (χ0n) is 21.9. The topological polar surface area (TPSA) is 74.7 Å². The van der Waals surface area contributed by atoms with E-state index in [1.807, 2.05) is 17.2 Å². The van der Waals surface area contributed by atoms with E-state index in [1.165, 1.54) is 18.9 Å². The second kappa shape index (κ2) is 11.6. The van der Waals surface area contributed by atoms with Crippen molar-refractivity contribution < 1.29 is 19.1 Å². The maximum Gasteiger partial charge on any atom is 0.338 e. The van der Waals surface area contributed by atoms with Crippen molar-refractivity contribution in [2.24, 2.45) is 4.99 Å². The summed E-state index contributed by atoms with van der Waals surface area (Å²) in [5.74, 6) is -0.284. The summed E-state index contributed by atoms with van der Waals surface area (Å²) < 4.78 is 10.4. The smallest absolute Gasteiger partial charge is 0.338 e. The number of rotatable bonds is 8. The Hall–Kier alpha value is -2.62. The van der Waals surface area contributed by atoms with Crippen molar-refractivity contribution in [2.75, 3.05) is 53.6 Å². The molecule has 36 heavy (non-hydrogen) atoms. The molecule has 1 atom stereocenters. The van der Waals surface area contributed by atoms with Crippen molar-refractivity contribution in [2.45, 2.75) is 39.7 Å². The van der Waals surface area contributed by atoms with Gasteiger partial charge in [0.1, 0.15) is 0 Å². The van der Waals surface area contributed by atoms with Crippen LogP contribution < -0.4 is 0 Å². The standard InChI is InChI=1S/C27H36N4O4S/c1-6-22-24(26(33)35-5)25(21-8-7-18(2)15-19(21)3)31-20(17-36-27(31)28-22)16-23(32)30-11-9-29(10-12-30)13-14-34-4/h7-8,15,17,25H,6,9-14,16H2,1-5H3/t25-/m0/s1. The fourth-order valence-electron chi connectivity index (χ4n) is 5.05. The van der Waals surface area contributed by atoms with E-state index in [9.17, 15) is 9.59 Å². The molecule has 1 saturated heterocycles. The minimum atomic E-state index is -0.388. The third kappa shape index (κ3) is 5.38. The minimum absolute atomic E-state index is 0.0961. The van der Waals surface area contributed by atoms with Gasteiger partial charge in [-0.15, -0.1) is 0 Å². The average Bonchev–Trinajstić information content (AvgIpc) is 3.28. The number of amidine groups is 1. The van der Waals surface area contributed by atoms with Gasteiger partial charge < -0.3 is 19.3 Å². The van der Waals surface area contributed by atoms with Gasteiger partial charge in [0.25, 0.3) is 0 Å². The Bertz CT molecular complexity index is 1100. The van der Waals surface area contributed by atoms with E-state index in [0.29, 0.717) is 31.7 Å². The van der Waals surface area contributed by atoms with Gasteiger partial charge in [0.05, 0.1) is 37.4 Å². The van der Waals surface area contributed by atoms with Crippen LogP contribution in [0.5, 0.6) is 0 Å². The molecule has 1 aromatic rings. The molecular formula is C27H36N4O4S. The van der Waals surface area contributed by atoms with E-state index < -0.39 is 0 Å². The molecule has 8 nitrogen and oxygen atoms in total. The number of ether oxygens (including phenoxy) is 2. The molecule has 0 N–H and O–H groups in total. The van der Waals surface area contributed by atoms with Crippen LogP contribution in [0.25, 0.3) is 0 Å². The van der Waals surface area contributed by atoms with Crippen LogP contribution in [-0.2, 0) is 19.1 Å². The van der Waals surface area contributed by atoms with Crippen molar-refractivity contribution >= 4 is 28.8 Å². The molecule has 0 saturated carbocycles. The number of carbonyl (C=O) groups excluding carboxylic acids is 2. The van der Waals surface area contributed by atoms with E-state index in [1.54, 1.807) is 7.11 Å². The van der Waals surface area contributed by atoms with Crippen molar-refractivity contribution in [1.82, 2.24) is 14.7 Å². The summed E-state index contributed by atoms with van der Waals surface area (Å²) in [6.07, 6.45) is 0.882. The Kier molecular flexibility index (Phi) is 8.54. The van der Waals surface area contributed by atoms with Gasteiger partial charge in [-0.2, -0.15) is 0 Å². The molecule has 3 aliphatic heterocycles. The number of hydrogen-bond acceptors (Lipinski definition) is 8. The second-order valence-corrected chi connectivity index (χ2v) is 10.2. The number of fused-ring (bicyclic) bond motifs is 1. The number of piperazine rings is 1. The molecule has 0 bridgehead atoms. The highest BCUT2D eigenvalue weighted by molar-refractivity contribution is 8.16. The van der Waals surface area contributed by atoms with Crippen molar-refractivity contribution in [1.29, 1.82) is 0 Å². The van der Waals surface area contributed by atoms with E-state index in [4.69, 9.17) is 14.5 Å². The van der Waals surface area contributed by atoms with Crippen molar-refractivity contribution in [3.8, 4) is 0 Å². The Morgan fingerprint density at radius 2 is 1.89 bits per heavy atom. The number of thioether (sulfide) groups is 1. The summed E-state index contributed by atoms with van der Waals surface area (Å²) in [5, 5.41) is 2.81. The van der Waals surface area contributed by atoms with Gasteiger partial charge in [-0.3, -0.25) is 9.69 Å². The van der Waals surface area contributed by atoms with E-state index >= 15 is 0 Å². The van der Waals surface area contributed by atoms with E-state index in [-0.39, 0.29) is 24.3 Å². The fraction of sp³-hybridized carbons (Fsp3) is 0.519. The number of nitrogens with zero attached hydrogens (tertiary/aromatic N) is 4. The predicted molar refractivity (Wildman–Crippen MR) is 142 cm³/mol. The lowest BCUT2D eigenvalue weighted by molar-refractivity contribution is -0.136. The summed E-state index contributed by atoms with van der Waals surface area (Å²) in [5.41, 5.74) is 5.42. The zero-order chi connectivity index (χ0) is 25.8. The summed E-state index contributed by atoms with van der Waals surface area (Å²) >= 11 is 1.52. The van der Waals surface area contributed by atoms with E-state index in [2.05, 4.69) is 41.8 Å². The molecule has 1 aromatic carbocycles. The summed E-state index contributed by atoms with van der Waals surface area (Å²) in [6, 6.07) is 5.88. The molecule has 194 valence electrons. The largest absolute Gasteiger partial charge is 0.466 e. The van der Waals surface area contributed by atoms with Gasteiger partial charge in [0, 0.05) is 45.5 Å². The normalized spacial score (nSPS) is 20.3. The fourth-order valence-corrected chi connectivity index (χ4v) is 5.98. The lowest BCUT2D eigenvalue weighted by atomic mass is 9.89. The number of benzene rings is 1. The van der Waals surface area contributed by atoms with Crippen LogP contribution in [-0.4, -0.2) is 85.3 Å². The average molecular weight is 513 g/mol. The zero-order valence-corrected chi connectivity index (χ0v) is 22.7. The molecule has 1 fully saturated rings. The molecular weight excluding hydrogens is 476 g/mol. The van der Waals surface area contributed by atoms with Crippen LogP contribution in [0.1, 0.15) is 42.5 Å². The van der Waals surface area contributed by atoms with Gasteiger partial charge in [-0.25, -0.2) is 9.79 Å². The monoisotopic (exact) mass is 512 g/mol. The first kappa shape index (κ1) is 26.4. The van der Waals surface area contributed by atoms with Gasteiger partial charge in [-0.1, -0.05) is 42.4 Å². The number of amides is 1. The van der Waals surface area contributed by atoms with Gasteiger partial charge >= 0.3 is 5.97 Å². The quantitative estimate of drug-likeness (QED) is 0.493. The first-order chi connectivity index (χ1) is 17.4. The predicted octanol–water partition coefficient (Wildman–Crippen LogP) is 3.62. The molecule has 4 rings (SSSR count). The Morgan fingerprint density at radius 3 is 2.53 bits per heavy atom. The van der Waals surface area contributed by atoms with Crippen LogP contribution in [0.15, 0.2) is 45.6 Å². The van der Waals surface area contributed by atoms with Crippen LogP contribution in [0.2, 0.25) is 0 Å². The first-order valence-electron chi connectivity index (χ1n) is 12.5.